The SMILES string of the molecule is CCC(C)Nc1ncc2c(-c3ccc4ncc(C)n4n3)c[nH]c2n1. The lowest BCUT2D eigenvalue weighted by Gasteiger charge is -2.10. The van der Waals surface area contributed by atoms with Crippen LogP contribution in [0.3, 0.4) is 0 Å². The van der Waals surface area contributed by atoms with Crippen LogP contribution < -0.4 is 5.32 Å². The number of aromatic nitrogens is 6. The molecule has 122 valence electrons. The molecule has 0 aliphatic heterocycles. The molecule has 4 rings (SSSR count). The van der Waals surface area contributed by atoms with E-state index in [1.807, 2.05) is 42.2 Å². The Hall–Kier alpha value is -2.96. The second kappa shape index (κ2) is 5.59. The predicted molar refractivity (Wildman–Crippen MR) is 94.0 cm³/mol. The number of rotatable bonds is 4. The van der Waals surface area contributed by atoms with Crippen LogP contribution in [-0.2, 0) is 0 Å². The zero-order chi connectivity index (χ0) is 16.7. The number of hydrogen-bond acceptors (Lipinski definition) is 5. The summed E-state index contributed by atoms with van der Waals surface area (Å²) in [4.78, 5) is 16.5. The normalized spacial score (nSPS) is 12.8. The molecule has 1 atom stereocenters. The van der Waals surface area contributed by atoms with Crippen LogP contribution in [0, 0.1) is 6.92 Å². The van der Waals surface area contributed by atoms with Gasteiger partial charge in [0.15, 0.2) is 5.65 Å². The molecule has 0 amide bonds. The number of nitrogens with one attached hydrogen (secondary N) is 2. The van der Waals surface area contributed by atoms with E-state index in [-0.39, 0.29) is 0 Å². The topological polar surface area (TPSA) is 83.8 Å². The molecule has 1 unspecified atom stereocenters. The summed E-state index contributed by atoms with van der Waals surface area (Å²) in [6.07, 6.45) is 6.60. The Morgan fingerprint density at radius 3 is 2.96 bits per heavy atom. The molecule has 0 aliphatic carbocycles. The van der Waals surface area contributed by atoms with E-state index in [2.05, 4.69) is 44.2 Å². The Balaban J connectivity index is 1.77. The van der Waals surface area contributed by atoms with Gasteiger partial charge in [0, 0.05) is 29.4 Å². The van der Waals surface area contributed by atoms with Gasteiger partial charge in [-0.05, 0) is 32.4 Å². The van der Waals surface area contributed by atoms with Gasteiger partial charge in [0.1, 0.15) is 5.65 Å². The molecule has 0 saturated carbocycles. The highest BCUT2D eigenvalue weighted by molar-refractivity contribution is 5.92. The number of aryl methyl sites for hydroxylation is 1. The molecule has 0 aliphatic rings. The first-order chi connectivity index (χ1) is 11.7. The smallest absolute Gasteiger partial charge is 0.224 e. The van der Waals surface area contributed by atoms with Gasteiger partial charge < -0.3 is 10.3 Å². The Bertz CT molecular complexity index is 1010. The van der Waals surface area contributed by atoms with Crippen molar-refractivity contribution in [1.82, 2.24) is 29.5 Å². The van der Waals surface area contributed by atoms with E-state index in [4.69, 9.17) is 0 Å². The van der Waals surface area contributed by atoms with Crippen molar-refractivity contribution in [3.05, 3.63) is 36.4 Å². The van der Waals surface area contributed by atoms with Crippen molar-refractivity contribution < 1.29 is 0 Å². The van der Waals surface area contributed by atoms with E-state index >= 15 is 0 Å². The fourth-order valence-corrected chi connectivity index (χ4v) is 2.64. The van der Waals surface area contributed by atoms with Crippen LogP contribution in [0.1, 0.15) is 26.0 Å². The van der Waals surface area contributed by atoms with Crippen LogP contribution in [0.25, 0.3) is 27.9 Å². The van der Waals surface area contributed by atoms with E-state index in [1.165, 1.54) is 0 Å². The number of hydrogen-bond donors (Lipinski definition) is 2. The van der Waals surface area contributed by atoms with Gasteiger partial charge in [0.05, 0.1) is 17.6 Å². The maximum Gasteiger partial charge on any atom is 0.224 e. The first kappa shape index (κ1) is 14.6. The molecule has 0 fully saturated rings. The van der Waals surface area contributed by atoms with Gasteiger partial charge in [-0.3, -0.25) is 0 Å². The van der Waals surface area contributed by atoms with Crippen molar-refractivity contribution in [3.8, 4) is 11.3 Å². The van der Waals surface area contributed by atoms with Crippen LogP contribution in [0.2, 0.25) is 0 Å². The van der Waals surface area contributed by atoms with Crippen molar-refractivity contribution in [1.29, 1.82) is 0 Å². The summed E-state index contributed by atoms with van der Waals surface area (Å²) in [5, 5.41) is 8.92. The lowest BCUT2D eigenvalue weighted by atomic mass is 10.2. The van der Waals surface area contributed by atoms with Crippen molar-refractivity contribution in [2.75, 3.05) is 5.32 Å². The largest absolute Gasteiger partial charge is 0.352 e. The lowest BCUT2D eigenvalue weighted by molar-refractivity contribution is 0.754. The van der Waals surface area contributed by atoms with Crippen LogP contribution in [-0.4, -0.2) is 35.6 Å². The standard InChI is InChI=1S/C17H19N7/c1-4-10(2)21-17-20-9-13-12(8-19-16(13)22-17)14-5-6-15-18-7-11(3)24(15)23-14/h5-10H,4H2,1-3H3,(H2,19,20,21,22). The van der Waals surface area contributed by atoms with Crippen molar-refractivity contribution >= 4 is 22.6 Å². The number of nitrogens with zero attached hydrogens (tertiary/aromatic N) is 5. The van der Waals surface area contributed by atoms with Crippen molar-refractivity contribution in [3.63, 3.8) is 0 Å². The molecule has 7 heteroatoms. The Morgan fingerprint density at radius 1 is 1.25 bits per heavy atom. The highest BCUT2D eigenvalue weighted by Crippen LogP contribution is 2.26. The summed E-state index contributed by atoms with van der Waals surface area (Å²) in [5.74, 6) is 0.638. The van der Waals surface area contributed by atoms with Gasteiger partial charge in [-0.25, -0.2) is 14.5 Å². The Morgan fingerprint density at radius 2 is 2.12 bits per heavy atom. The molecule has 2 N–H and O–H groups in total. The molecule has 0 spiro atoms. The summed E-state index contributed by atoms with van der Waals surface area (Å²) in [7, 11) is 0. The molecular formula is C17H19N7. The van der Waals surface area contributed by atoms with E-state index < -0.39 is 0 Å². The highest BCUT2D eigenvalue weighted by atomic mass is 15.3. The first-order valence-electron chi connectivity index (χ1n) is 8.08. The lowest BCUT2D eigenvalue weighted by Crippen LogP contribution is -2.15. The maximum absolute atomic E-state index is 4.67. The van der Waals surface area contributed by atoms with Crippen molar-refractivity contribution in [2.24, 2.45) is 0 Å². The second-order valence-electron chi connectivity index (χ2n) is 6.00. The van der Waals surface area contributed by atoms with E-state index in [0.717, 1.165) is 40.1 Å². The number of aromatic amines is 1. The molecule has 0 saturated heterocycles. The highest BCUT2D eigenvalue weighted by Gasteiger charge is 2.12. The molecule has 24 heavy (non-hydrogen) atoms. The average Bonchev–Trinajstić information content (AvgIpc) is 3.18. The third kappa shape index (κ3) is 2.38. The number of fused-ring (bicyclic) bond motifs is 2. The minimum Gasteiger partial charge on any atom is -0.352 e. The molecule has 4 aromatic heterocycles. The van der Waals surface area contributed by atoms with E-state index in [0.29, 0.717) is 12.0 Å². The fraction of sp³-hybridized carbons (Fsp3) is 0.294. The minimum atomic E-state index is 0.338. The summed E-state index contributed by atoms with van der Waals surface area (Å²) in [6, 6.07) is 4.27. The average molecular weight is 321 g/mol. The summed E-state index contributed by atoms with van der Waals surface area (Å²) in [5.41, 5.74) is 4.49. The first-order valence-corrected chi connectivity index (χ1v) is 8.08. The number of anilines is 1. The van der Waals surface area contributed by atoms with Crippen LogP contribution in [0.4, 0.5) is 5.95 Å². The Kier molecular flexibility index (Phi) is 3.41. The van der Waals surface area contributed by atoms with Crippen molar-refractivity contribution in [2.45, 2.75) is 33.2 Å². The zero-order valence-corrected chi connectivity index (χ0v) is 13.9. The van der Waals surface area contributed by atoms with Gasteiger partial charge in [-0.1, -0.05) is 6.92 Å². The Labute approximate surface area is 139 Å². The zero-order valence-electron chi connectivity index (χ0n) is 13.9. The molecule has 0 bridgehead atoms. The molecule has 4 heterocycles. The van der Waals surface area contributed by atoms with Gasteiger partial charge in [0.25, 0.3) is 0 Å². The molecule has 0 radical (unpaired) electrons. The third-order valence-electron chi connectivity index (χ3n) is 4.23. The fourth-order valence-electron chi connectivity index (χ4n) is 2.64. The second-order valence-corrected chi connectivity index (χ2v) is 6.00. The summed E-state index contributed by atoms with van der Waals surface area (Å²) >= 11 is 0. The predicted octanol–water partition coefficient (Wildman–Crippen LogP) is 3.19. The third-order valence-corrected chi connectivity index (χ3v) is 4.23. The maximum atomic E-state index is 4.67. The minimum absolute atomic E-state index is 0.338. The molecule has 0 aromatic carbocycles. The molecule has 7 nitrogen and oxygen atoms in total. The van der Waals surface area contributed by atoms with E-state index in [9.17, 15) is 0 Å². The molecular weight excluding hydrogens is 302 g/mol. The summed E-state index contributed by atoms with van der Waals surface area (Å²) in [6.45, 7) is 6.23. The van der Waals surface area contributed by atoms with Crippen LogP contribution >= 0.6 is 0 Å². The van der Waals surface area contributed by atoms with E-state index in [1.54, 1.807) is 0 Å². The quantitative estimate of drug-likeness (QED) is 0.603. The van der Waals surface area contributed by atoms with Crippen LogP contribution in [0.5, 0.6) is 0 Å². The summed E-state index contributed by atoms with van der Waals surface area (Å²) < 4.78 is 1.84. The van der Waals surface area contributed by atoms with Gasteiger partial charge in [0.2, 0.25) is 5.95 Å². The number of imidazole rings is 1. The number of H-pyrrole nitrogens is 1. The monoisotopic (exact) mass is 321 g/mol. The van der Waals surface area contributed by atoms with Crippen LogP contribution in [0.15, 0.2) is 30.7 Å². The van der Waals surface area contributed by atoms with Gasteiger partial charge in [-0.2, -0.15) is 10.1 Å². The van der Waals surface area contributed by atoms with Gasteiger partial charge in [-0.15, -0.1) is 0 Å². The molecule has 4 aromatic rings. The van der Waals surface area contributed by atoms with Gasteiger partial charge >= 0.3 is 0 Å².